The quantitative estimate of drug-likeness (QED) is 0.597. The zero-order valence-electron chi connectivity index (χ0n) is 7.33. The molecule has 1 saturated carbocycles. The first kappa shape index (κ1) is 7.53. The maximum Gasteiger partial charge on any atom is 0.0276 e. The maximum atomic E-state index is 4.27. The fourth-order valence-corrected chi connectivity index (χ4v) is 1.73. The van der Waals surface area contributed by atoms with E-state index in [9.17, 15) is 0 Å². The van der Waals surface area contributed by atoms with E-state index < -0.39 is 0 Å². The summed E-state index contributed by atoms with van der Waals surface area (Å²) in [6, 6.07) is 10.6. The molecule has 0 bridgehead atoms. The van der Waals surface area contributed by atoms with Crippen molar-refractivity contribution in [3.8, 4) is 0 Å². The maximum absolute atomic E-state index is 4.27. The van der Waals surface area contributed by atoms with Crippen LogP contribution >= 0.6 is 0 Å². The number of hydrogen-bond donors (Lipinski definition) is 0. The highest BCUT2D eigenvalue weighted by Gasteiger charge is 2.26. The molecule has 1 heteroatoms. The lowest BCUT2D eigenvalue weighted by molar-refractivity contribution is 0.689. The van der Waals surface area contributed by atoms with Gasteiger partial charge >= 0.3 is 0 Å². The van der Waals surface area contributed by atoms with E-state index in [-0.39, 0.29) is 0 Å². The lowest BCUT2D eigenvalue weighted by Crippen LogP contribution is -2.23. The minimum absolute atomic E-state index is 0.621. The summed E-state index contributed by atoms with van der Waals surface area (Å²) in [7, 11) is 1.89. The predicted molar refractivity (Wildman–Crippen MR) is 51.8 cm³/mol. The summed E-state index contributed by atoms with van der Waals surface area (Å²) >= 11 is 0. The van der Waals surface area contributed by atoms with E-state index in [1.54, 1.807) is 0 Å². The minimum atomic E-state index is 0.621. The molecule has 1 aliphatic rings. The molecule has 0 spiro atoms. The van der Waals surface area contributed by atoms with Crippen molar-refractivity contribution < 1.29 is 0 Å². The van der Waals surface area contributed by atoms with E-state index in [1.165, 1.54) is 24.1 Å². The normalized spacial score (nSPS) is 25.4. The van der Waals surface area contributed by atoms with Crippen LogP contribution in [0, 0.1) is 0 Å². The van der Waals surface area contributed by atoms with E-state index in [2.05, 4.69) is 35.3 Å². The molecule has 0 amide bonds. The van der Waals surface area contributed by atoms with Crippen molar-refractivity contribution in [1.29, 1.82) is 0 Å². The molecule has 0 N–H and O–H groups in total. The van der Waals surface area contributed by atoms with Gasteiger partial charge in [0.2, 0.25) is 0 Å². The van der Waals surface area contributed by atoms with Crippen LogP contribution in [-0.4, -0.2) is 12.8 Å². The largest absolute Gasteiger partial charge is 0.297 e. The molecule has 0 saturated heterocycles. The Morgan fingerprint density at radius 2 is 2.00 bits per heavy atom. The third-order valence-corrected chi connectivity index (χ3v) is 2.58. The smallest absolute Gasteiger partial charge is 0.0276 e. The first-order chi connectivity index (χ1) is 5.92. The van der Waals surface area contributed by atoms with Gasteiger partial charge < -0.3 is 0 Å². The first-order valence-corrected chi connectivity index (χ1v) is 4.42. The van der Waals surface area contributed by atoms with Crippen molar-refractivity contribution in [2.75, 3.05) is 7.05 Å². The van der Waals surface area contributed by atoms with Gasteiger partial charge in [-0.2, -0.15) is 0 Å². The molecule has 1 nitrogen and oxygen atoms in total. The summed E-state index contributed by atoms with van der Waals surface area (Å²) in [6.07, 6.45) is 2.47. The Morgan fingerprint density at radius 1 is 1.25 bits per heavy atom. The van der Waals surface area contributed by atoms with Gasteiger partial charge in [0.1, 0.15) is 0 Å². The minimum Gasteiger partial charge on any atom is -0.297 e. The van der Waals surface area contributed by atoms with Crippen LogP contribution in [-0.2, 0) is 0 Å². The van der Waals surface area contributed by atoms with Crippen molar-refractivity contribution in [2.45, 2.75) is 18.8 Å². The van der Waals surface area contributed by atoms with Crippen LogP contribution in [0.25, 0.3) is 0 Å². The van der Waals surface area contributed by atoms with Gasteiger partial charge in [-0.15, -0.1) is 0 Å². The number of aliphatic imine (C=N–C) groups is 1. The Labute approximate surface area is 73.1 Å². The highest BCUT2D eigenvalue weighted by Crippen LogP contribution is 2.33. The molecule has 1 aromatic carbocycles. The molecule has 2 rings (SSSR count). The molecule has 1 aromatic rings. The SMILES string of the molecule is CN=C1CCC1c1ccccc1. The van der Waals surface area contributed by atoms with Gasteiger partial charge in [-0.3, -0.25) is 4.99 Å². The Balaban J connectivity index is 2.22. The van der Waals surface area contributed by atoms with Crippen molar-refractivity contribution in [2.24, 2.45) is 4.99 Å². The summed E-state index contributed by atoms with van der Waals surface area (Å²) in [5.74, 6) is 0.621. The first-order valence-electron chi connectivity index (χ1n) is 4.42. The molecular weight excluding hydrogens is 146 g/mol. The van der Waals surface area contributed by atoms with Crippen LogP contribution < -0.4 is 0 Å². The van der Waals surface area contributed by atoms with Crippen molar-refractivity contribution in [1.82, 2.24) is 0 Å². The van der Waals surface area contributed by atoms with Gasteiger partial charge in [-0.1, -0.05) is 30.3 Å². The highest BCUT2D eigenvalue weighted by molar-refractivity contribution is 5.96. The number of rotatable bonds is 1. The molecule has 1 atom stereocenters. The van der Waals surface area contributed by atoms with Crippen LogP contribution in [0.4, 0.5) is 0 Å². The Hall–Kier alpha value is -1.11. The average molecular weight is 159 g/mol. The molecule has 0 aromatic heterocycles. The third-order valence-electron chi connectivity index (χ3n) is 2.58. The topological polar surface area (TPSA) is 12.4 Å². The van der Waals surface area contributed by atoms with Crippen molar-refractivity contribution >= 4 is 5.71 Å². The van der Waals surface area contributed by atoms with Crippen LogP contribution in [0.2, 0.25) is 0 Å². The second-order valence-electron chi connectivity index (χ2n) is 3.22. The van der Waals surface area contributed by atoms with Gasteiger partial charge in [0.15, 0.2) is 0 Å². The molecule has 62 valence electrons. The fraction of sp³-hybridized carbons (Fsp3) is 0.364. The van der Waals surface area contributed by atoms with E-state index in [0.29, 0.717) is 5.92 Å². The van der Waals surface area contributed by atoms with Gasteiger partial charge in [-0.25, -0.2) is 0 Å². The summed E-state index contributed by atoms with van der Waals surface area (Å²) in [4.78, 5) is 4.27. The van der Waals surface area contributed by atoms with Gasteiger partial charge in [0, 0.05) is 18.7 Å². The molecule has 1 fully saturated rings. The Kier molecular flexibility index (Phi) is 1.94. The lowest BCUT2D eigenvalue weighted by atomic mass is 9.78. The summed E-state index contributed by atoms with van der Waals surface area (Å²) in [6.45, 7) is 0. The molecular formula is C11H13N. The van der Waals surface area contributed by atoms with E-state index in [0.717, 1.165) is 0 Å². The third kappa shape index (κ3) is 1.15. The van der Waals surface area contributed by atoms with E-state index in [1.807, 2.05) is 7.05 Å². The second-order valence-corrected chi connectivity index (χ2v) is 3.22. The molecule has 12 heavy (non-hydrogen) atoms. The summed E-state index contributed by atoms with van der Waals surface area (Å²) < 4.78 is 0. The van der Waals surface area contributed by atoms with Crippen LogP contribution in [0.1, 0.15) is 24.3 Å². The standard InChI is InChI=1S/C11H13N/c1-12-11-8-7-10(11)9-5-3-2-4-6-9/h2-6,10H,7-8H2,1H3. The predicted octanol–water partition coefficient (Wildman–Crippen LogP) is 2.63. The highest BCUT2D eigenvalue weighted by atomic mass is 14.7. The molecule has 0 heterocycles. The van der Waals surface area contributed by atoms with Crippen molar-refractivity contribution in [3.05, 3.63) is 35.9 Å². The number of benzene rings is 1. The number of nitrogens with zero attached hydrogens (tertiary/aromatic N) is 1. The monoisotopic (exact) mass is 159 g/mol. The Morgan fingerprint density at radius 3 is 2.50 bits per heavy atom. The van der Waals surface area contributed by atoms with Crippen LogP contribution in [0.5, 0.6) is 0 Å². The zero-order valence-corrected chi connectivity index (χ0v) is 7.33. The van der Waals surface area contributed by atoms with Gasteiger partial charge in [0.25, 0.3) is 0 Å². The second kappa shape index (κ2) is 3.10. The fourth-order valence-electron chi connectivity index (χ4n) is 1.73. The number of hydrogen-bond acceptors (Lipinski definition) is 1. The summed E-state index contributed by atoms with van der Waals surface area (Å²) in [5, 5.41) is 0. The van der Waals surface area contributed by atoms with Crippen LogP contribution in [0.3, 0.4) is 0 Å². The van der Waals surface area contributed by atoms with Gasteiger partial charge in [0.05, 0.1) is 0 Å². The average Bonchev–Trinajstić information content (AvgIpc) is 2.05. The molecule has 1 aliphatic carbocycles. The van der Waals surface area contributed by atoms with Crippen LogP contribution in [0.15, 0.2) is 35.3 Å². The van der Waals surface area contributed by atoms with Crippen molar-refractivity contribution in [3.63, 3.8) is 0 Å². The molecule has 0 radical (unpaired) electrons. The lowest BCUT2D eigenvalue weighted by Gasteiger charge is -2.28. The zero-order chi connectivity index (χ0) is 8.39. The van der Waals surface area contributed by atoms with E-state index >= 15 is 0 Å². The summed E-state index contributed by atoms with van der Waals surface area (Å²) in [5.41, 5.74) is 2.78. The molecule has 0 aliphatic heterocycles. The Bertz CT molecular complexity index is 287. The van der Waals surface area contributed by atoms with Gasteiger partial charge in [-0.05, 0) is 18.4 Å². The van der Waals surface area contributed by atoms with E-state index in [4.69, 9.17) is 0 Å². The molecule has 1 unspecified atom stereocenters.